The molecule has 0 aliphatic carbocycles. The number of hydrogen-bond donors (Lipinski definition) is 0. The van der Waals surface area contributed by atoms with E-state index in [0.29, 0.717) is 17.6 Å². The predicted octanol–water partition coefficient (Wildman–Crippen LogP) is 3.99. The van der Waals surface area contributed by atoms with E-state index in [0.717, 1.165) is 6.42 Å². The molecule has 2 nitrogen and oxygen atoms in total. The van der Waals surface area contributed by atoms with Crippen molar-refractivity contribution in [2.75, 3.05) is 5.88 Å². The Morgan fingerprint density at radius 1 is 1.33 bits per heavy atom. The molecule has 0 N–H and O–H groups in total. The standard InChI is InChI=1S/C14H18ClO2P/c1-13(2)17-18(16,12-8-4-7-11-15)14-9-5-3-6-10-14/h3,5-6,9-10,13H,4,7,11H2,1-2H3. The van der Waals surface area contributed by atoms with E-state index in [9.17, 15) is 4.57 Å². The predicted molar refractivity (Wildman–Crippen MR) is 77.6 cm³/mol. The molecule has 0 aliphatic heterocycles. The highest BCUT2D eigenvalue weighted by Crippen LogP contribution is 2.45. The molecular weight excluding hydrogens is 267 g/mol. The average molecular weight is 285 g/mol. The lowest BCUT2D eigenvalue weighted by molar-refractivity contribution is 0.254. The van der Waals surface area contributed by atoms with Crippen molar-refractivity contribution in [3.8, 4) is 11.6 Å². The van der Waals surface area contributed by atoms with Crippen LogP contribution in [0.1, 0.15) is 26.7 Å². The van der Waals surface area contributed by atoms with Gasteiger partial charge in [0.1, 0.15) is 0 Å². The summed E-state index contributed by atoms with van der Waals surface area (Å²) >= 11 is 5.58. The van der Waals surface area contributed by atoms with Crippen LogP contribution in [-0.2, 0) is 9.09 Å². The van der Waals surface area contributed by atoms with Gasteiger partial charge in [-0.05, 0) is 38.1 Å². The molecule has 0 amide bonds. The van der Waals surface area contributed by atoms with Gasteiger partial charge in [-0.3, -0.25) is 4.57 Å². The summed E-state index contributed by atoms with van der Waals surface area (Å²) in [4.78, 5) is 0. The van der Waals surface area contributed by atoms with Gasteiger partial charge in [-0.1, -0.05) is 24.1 Å². The summed E-state index contributed by atoms with van der Waals surface area (Å²) in [5, 5.41) is 0.650. The van der Waals surface area contributed by atoms with E-state index in [1.165, 1.54) is 0 Å². The van der Waals surface area contributed by atoms with Crippen molar-refractivity contribution in [3.05, 3.63) is 30.3 Å². The lowest BCUT2D eigenvalue weighted by Gasteiger charge is -2.15. The van der Waals surface area contributed by atoms with Crippen LogP contribution in [-0.4, -0.2) is 12.0 Å². The largest absolute Gasteiger partial charge is 0.314 e. The molecule has 0 saturated heterocycles. The highest BCUT2D eigenvalue weighted by atomic mass is 35.5. The molecule has 0 heterocycles. The summed E-state index contributed by atoms with van der Waals surface area (Å²) in [5.41, 5.74) is 2.80. The van der Waals surface area contributed by atoms with Gasteiger partial charge in [-0.25, -0.2) is 0 Å². The highest BCUT2D eigenvalue weighted by Gasteiger charge is 2.24. The van der Waals surface area contributed by atoms with E-state index in [1.807, 2.05) is 32.0 Å². The Kier molecular flexibility index (Phi) is 6.50. The van der Waals surface area contributed by atoms with Crippen molar-refractivity contribution >= 4 is 24.3 Å². The molecule has 0 radical (unpaired) electrons. The summed E-state index contributed by atoms with van der Waals surface area (Å²) in [6.45, 7) is 3.71. The van der Waals surface area contributed by atoms with E-state index in [1.54, 1.807) is 12.1 Å². The van der Waals surface area contributed by atoms with Gasteiger partial charge in [-0.15, -0.1) is 11.6 Å². The summed E-state index contributed by atoms with van der Waals surface area (Å²) in [6.07, 6.45) is 1.31. The molecule has 1 atom stereocenters. The average Bonchev–Trinajstić information content (AvgIpc) is 2.35. The van der Waals surface area contributed by atoms with Gasteiger partial charge in [0.25, 0.3) is 0 Å². The number of alkyl halides is 1. The first-order valence-corrected chi connectivity index (χ1v) is 8.14. The van der Waals surface area contributed by atoms with Crippen molar-refractivity contribution in [1.29, 1.82) is 0 Å². The van der Waals surface area contributed by atoms with Gasteiger partial charge in [0.15, 0.2) is 0 Å². The number of unbranched alkanes of at least 4 members (excludes halogenated alkanes) is 1. The topological polar surface area (TPSA) is 26.3 Å². The monoisotopic (exact) mass is 284 g/mol. The third kappa shape index (κ3) is 4.86. The van der Waals surface area contributed by atoms with Crippen LogP contribution in [0.15, 0.2) is 30.3 Å². The van der Waals surface area contributed by atoms with Crippen molar-refractivity contribution < 1.29 is 9.09 Å². The van der Waals surface area contributed by atoms with Gasteiger partial charge in [0.05, 0.1) is 6.10 Å². The molecule has 0 aliphatic rings. The van der Waals surface area contributed by atoms with E-state index in [4.69, 9.17) is 16.1 Å². The summed E-state index contributed by atoms with van der Waals surface area (Å²) in [7, 11) is -3.07. The SMILES string of the molecule is CC(C)OP(=O)(C#CCCCCl)c1ccccc1. The molecule has 98 valence electrons. The molecule has 0 bridgehead atoms. The zero-order valence-electron chi connectivity index (χ0n) is 10.7. The van der Waals surface area contributed by atoms with Crippen LogP contribution in [0.2, 0.25) is 0 Å². The number of hydrogen-bond acceptors (Lipinski definition) is 2. The van der Waals surface area contributed by atoms with E-state index < -0.39 is 7.37 Å². The quantitative estimate of drug-likeness (QED) is 0.354. The van der Waals surface area contributed by atoms with E-state index in [-0.39, 0.29) is 6.10 Å². The Morgan fingerprint density at radius 3 is 2.56 bits per heavy atom. The smallest absolute Gasteiger partial charge is 0.303 e. The number of rotatable bonds is 5. The maximum Gasteiger partial charge on any atom is 0.303 e. The zero-order valence-corrected chi connectivity index (χ0v) is 12.4. The lowest BCUT2D eigenvalue weighted by Crippen LogP contribution is -2.10. The van der Waals surface area contributed by atoms with Crippen LogP contribution in [0, 0.1) is 11.6 Å². The molecule has 0 fully saturated rings. The Morgan fingerprint density at radius 2 is 2.00 bits per heavy atom. The molecule has 4 heteroatoms. The highest BCUT2D eigenvalue weighted by molar-refractivity contribution is 7.71. The first-order valence-electron chi connectivity index (χ1n) is 5.98. The molecule has 1 unspecified atom stereocenters. The second kappa shape index (κ2) is 7.64. The van der Waals surface area contributed by atoms with Crippen LogP contribution in [0.25, 0.3) is 0 Å². The summed E-state index contributed by atoms with van der Waals surface area (Å²) < 4.78 is 18.3. The van der Waals surface area contributed by atoms with E-state index in [2.05, 4.69) is 11.6 Å². The number of benzene rings is 1. The molecule has 1 aromatic rings. The van der Waals surface area contributed by atoms with Crippen molar-refractivity contribution in [2.24, 2.45) is 0 Å². The maximum absolute atomic E-state index is 12.8. The molecule has 18 heavy (non-hydrogen) atoms. The van der Waals surface area contributed by atoms with Crippen LogP contribution in [0.5, 0.6) is 0 Å². The molecule has 0 spiro atoms. The Labute approximate surface area is 114 Å². The summed E-state index contributed by atoms with van der Waals surface area (Å²) in [6, 6.07) is 9.14. The molecular formula is C14H18ClO2P. The van der Waals surface area contributed by atoms with Crippen molar-refractivity contribution in [1.82, 2.24) is 0 Å². The Bertz CT molecular complexity index is 460. The second-order valence-electron chi connectivity index (χ2n) is 4.12. The van der Waals surface area contributed by atoms with Gasteiger partial charge in [0, 0.05) is 17.6 Å². The van der Waals surface area contributed by atoms with Crippen LogP contribution >= 0.6 is 19.0 Å². The Hall–Kier alpha value is -0.740. The lowest BCUT2D eigenvalue weighted by atomic mass is 10.4. The fraction of sp³-hybridized carbons (Fsp3) is 0.429. The summed E-state index contributed by atoms with van der Waals surface area (Å²) in [5.74, 6) is 3.47. The van der Waals surface area contributed by atoms with Gasteiger partial charge in [0.2, 0.25) is 0 Å². The van der Waals surface area contributed by atoms with Crippen LogP contribution in [0.3, 0.4) is 0 Å². The fourth-order valence-corrected chi connectivity index (χ4v) is 3.30. The van der Waals surface area contributed by atoms with E-state index >= 15 is 0 Å². The molecule has 1 aromatic carbocycles. The van der Waals surface area contributed by atoms with Crippen LogP contribution < -0.4 is 5.30 Å². The molecule has 1 rings (SSSR count). The Balaban J connectivity index is 2.95. The second-order valence-corrected chi connectivity index (χ2v) is 6.55. The van der Waals surface area contributed by atoms with Crippen molar-refractivity contribution in [3.63, 3.8) is 0 Å². The van der Waals surface area contributed by atoms with Crippen molar-refractivity contribution in [2.45, 2.75) is 32.8 Å². The normalized spacial score (nSPS) is 13.8. The molecule has 0 aromatic heterocycles. The molecule has 0 saturated carbocycles. The van der Waals surface area contributed by atoms with Gasteiger partial charge >= 0.3 is 7.37 Å². The minimum atomic E-state index is -3.07. The minimum Gasteiger partial charge on any atom is -0.314 e. The first kappa shape index (κ1) is 15.3. The number of halogens is 1. The third-order valence-electron chi connectivity index (χ3n) is 2.12. The minimum absolute atomic E-state index is 0.127. The van der Waals surface area contributed by atoms with Gasteiger partial charge < -0.3 is 4.52 Å². The fourth-order valence-electron chi connectivity index (χ4n) is 1.39. The zero-order chi connectivity index (χ0) is 13.4. The van der Waals surface area contributed by atoms with Crippen LogP contribution in [0.4, 0.5) is 0 Å². The maximum atomic E-state index is 12.8. The van der Waals surface area contributed by atoms with Gasteiger partial charge in [-0.2, -0.15) is 0 Å². The first-order chi connectivity index (χ1) is 8.58. The third-order valence-corrected chi connectivity index (χ3v) is 4.53.